The van der Waals surface area contributed by atoms with Crippen molar-refractivity contribution in [2.75, 3.05) is 0 Å². The highest BCUT2D eigenvalue weighted by Crippen LogP contribution is 2.21. The van der Waals surface area contributed by atoms with E-state index >= 15 is 0 Å². The molecule has 0 aromatic heterocycles. The molecule has 0 bridgehead atoms. The van der Waals surface area contributed by atoms with Crippen molar-refractivity contribution in [2.45, 2.75) is 33.3 Å². The Hall–Kier alpha value is -2.53. The van der Waals surface area contributed by atoms with Crippen molar-refractivity contribution in [3.63, 3.8) is 0 Å². The molecule has 5 nitrogen and oxygen atoms in total. The van der Waals surface area contributed by atoms with Crippen LogP contribution >= 0.6 is 11.6 Å². The molecular weight excluding hydrogens is 340 g/mol. The van der Waals surface area contributed by atoms with Crippen molar-refractivity contribution in [3.8, 4) is 5.75 Å². The van der Waals surface area contributed by atoms with Gasteiger partial charge in [0.1, 0.15) is 5.75 Å². The molecule has 2 amide bonds. The number of ether oxygens (including phenoxy) is 1. The third-order valence-electron chi connectivity index (χ3n) is 3.81. The Balaban J connectivity index is 1.84. The van der Waals surface area contributed by atoms with E-state index in [1.165, 1.54) is 0 Å². The summed E-state index contributed by atoms with van der Waals surface area (Å²) in [6.07, 6.45) is -0.625. The van der Waals surface area contributed by atoms with E-state index in [1.807, 2.05) is 32.0 Å². The van der Waals surface area contributed by atoms with E-state index in [4.69, 9.17) is 16.3 Å². The molecule has 6 heteroatoms. The molecule has 1 unspecified atom stereocenters. The molecule has 2 aromatic rings. The zero-order valence-corrected chi connectivity index (χ0v) is 15.2. The number of nitrogens with one attached hydrogen (secondary N) is 2. The van der Waals surface area contributed by atoms with Crippen molar-refractivity contribution >= 4 is 23.4 Å². The van der Waals surface area contributed by atoms with Gasteiger partial charge in [0.25, 0.3) is 5.91 Å². The maximum Gasteiger partial charge on any atom is 0.279 e. The van der Waals surface area contributed by atoms with Crippen molar-refractivity contribution in [2.24, 2.45) is 0 Å². The number of rotatable bonds is 5. The van der Waals surface area contributed by atoms with Crippen LogP contribution in [0.15, 0.2) is 42.5 Å². The van der Waals surface area contributed by atoms with Gasteiger partial charge in [0, 0.05) is 5.02 Å². The largest absolute Gasteiger partial charge is 0.481 e. The topological polar surface area (TPSA) is 67.4 Å². The third kappa shape index (κ3) is 5.50. The van der Waals surface area contributed by atoms with Gasteiger partial charge in [-0.25, -0.2) is 0 Å². The van der Waals surface area contributed by atoms with Gasteiger partial charge < -0.3 is 4.74 Å². The maximum atomic E-state index is 12.1. The van der Waals surface area contributed by atoms with E-state index in [-0.39, 0.29) is 12.3 Å². The molecule has 0 spiro atoms. The Kier molecular flexibility index (Phi) is 6.42. The van der Waals surface area contributed by atoms with Crippen molar-refractivity contribution in [3.05, 3.63) is 64.2 Å². The average Bonchev–Trinajstić information content (AvgIpc) is 2.56. The van der Waals surface area contributed by atoms with Crippen LogP contribution in [0.3, 0.4) is 0 Å². The molecule has 1 atom stereocenters. The first-order valence-corrected chi connectivity index (χ1v) is 8.30. The number of aryl methyl sites for hydroxylation is 1. The lowest BCUT2D eigenvalue weighted by molar-refractivity contribution is -0.132. The SMILES string of the molecule is Cc1cccc(OC(C)C(=O)NNC(=O)Cc2cccc(Cl)c2)c1C. The van der Waals surface area contributed by atoms with Gasteiger partial charge in [0.05, 0.1) is 6.42 Å². The Morgan fingerprint density at radius 2 is 1.84 bits per heavy atom. The predicted octanol–water partition coefficient (Wildman–Crippen LogP) is 3.11. The molecule has 0 aliphatic heterocycles. The van der Waals surface area contributed by atoms with Crippen LogP contribution in [-0.2, 0) is 16.0 Å². The Labute approximate surface area is 152 Å². The third-order valence-corrected chi connectivity index (χ3v) is 4.04. The molecule has 2 N–H and O–H groups in total. The fourth-order valence-electron chi connectivity index (χ4n) is 2.21. The highest BCUT2D eigenvalue weighted by Gasteiger charge is 2.16. The quantitative estimate of drug-likeness (QED) is 0.805. The Morgan fingerprint density at radius 1 is 1.12 bits per heavy atom. The fourth-order valence-corrected chi connectivity index (χ4v) is 2.42. The van der Waals surface area contributed by atoms with Crippen LogP contribution in [0.2, 0.25) is 5.02 Å². The lowest BCUT2D eigenvalue weighted by Crippen LogP contribution is -2.47. The minimum absolute atomic E-state index is 0.118. The molecule has 0 saturated heterocycles. The lowest BCUT2D eigenvalue weighted by atomic mass is 10.1. The van der Waals surface area contributed by atoms with Crippen molar-refractivity contribution < 1.29 is 14.3 Å². The molecular formula is C19H21ClN2O3. The van der Waals surface area contributed by atoms with Crippen LogP contribution in [0.5, 0.6) is 5.75 Å². The molecule has 0 aliphatic carbocycles. The summed E-state index contributed by atoms with van der Waals surface area (Å²) >= 11 is 5.88. The fraction of sp³-hybridized carbons (Fsp3) is 0.263. The van der Waals surface area contributed by atoms with E-state index in [0.29, 0.717) is 10.8 Å². The molecule has 0 radical (unpaired) electrons. The summed E-state index contributed by atoms with van der Waals surface area (Å²) in [5, 5.41) is 0.560. The maximum absolute atomic E-state index is 12.1. The number of carbonyl (C=O) groups excluding carboxylic acids is 2. The Morgan fingerprint density at radius 3 is 2.56 bits per heavy atom. The molecule has 132 valence electrons. The standard InChI is InChI=1S/C19H21ClN2O3/c1-12-6-4-9-17(13(12)2)25-14(3)19(24)22-21-18(23)11-15-7-5-8-16(20)10-15/h4-10,14H,11H2,1-3H3,(H,21,23)(H,22,24). The van der Waals surface area contributed by atoms with E-state index in [1.54, 1.807) is 31.2 Å². The Bertz CT molecular complexity index is 777. The summed E-state index contributed by atoms with van der Waals surface area (Å²) in [5.74, 6) is -0.122. The van der Waals surface area contributed by atoms with Crippen LogP contribution in [0, 0.1) is 13.8 Å². The first-order valence-electron chi connectivity index (χ1n) is 7.93. The molecule has 0 saturated carbocycles. The van der Waals surface area contributed by atoms with Crippen LogP contribution in [-0.4, -0.2) is 17.9 Å². The average molecular weight is 361 g/mol. The summed E-state index contributed by atoms with van der Waals surface area (Å²) in [7, 11) is 0. The number of hydrogen-bond acceptors (Lipinski definition) is 3. The monoisotopic (exact) mass is 360 g/mol. The minimum atomic E-state index is -0.744. The van der Waals surface area contributed by atoms with Crippen molar-refractivity contribution in [1.82, 2.24) is 10.9 Å². The summed E-state index contributed by atoms with van der Waals surface area (Å²) in [6, 6.07) is 12.7. The predicted molar refractivity (Wildman–Crippen MR) is 97.4 cm³/mol. The minimum Gasteiger partial charge on any atom is -0.481 e. The van der Waals surface area contributed by atoms with Crippen LogP contribution in [0.25, 0.3) is 0 Å². The number of carbonyl (C=O) groups is 2. The molecule has 2 rings (SSSR count). The second-order valence-electron chi connectivity index (χ2n) is 5.80. The smallest absolute Gasteiger partial charge is 0.279 e. The van der Waals surface area contributed by atoms with Gasteiger partial charge in [0.2, 0.25) is 5.91 Å². The number of amides is 2. The molecule has 0 heterocycles. The second kappa shape index (κ2) is 8.53. The van der Waals surface area contributed by atoms with Gasteiger partial charge in [-0.15, -0.1) is 0 Å². The normalized spacial score (nSPS) is 11.5. The van der Waals surface area contributed by atoms with Gasteiger partial charge in [-0.3, -0.25) is 20.4 Å². The number of halogens is 1. The van der Waals surface area contributed by atoms with Gasteiger partial charge in [-0.05, 0) is 55.7 Å². The van der Waals surface area contributed by atoms with Crippen molar-refractivity contribution in [1.29, 1.82) is 0 Å². The van der Waals surface area contributed by atoms with Gasteiger partial charge >= 0.3 is 0 Å². The summed E-state index contributed by atoms with van der Waals surface area (Å²) in [5.41, 5.74) is 7.58. The highest BCUT2D eigenvalue weighted by atomic mass is 35.5. The van der Waals surface area contributed by atoms with Gasteiger partial charge in [-0.2, -0.15) is 0 Å². The first kappa shape index (κ1) is 18.8. The van der Waals surface area contributed by atoms with E-state index in [9.17, 15) is 9.59 Å². The molecule has 0 fully saturated rings. The second-order valence-corrected chi connectivity index (χ2v) is 6.24. The first-order chi connectivity index (χ1) is 11.9. The molecule has 2 aromatic carbocycles. The van der Waals surface area contributed by atoms with E-state index in [0.717, 1.165) is 16.7 Å². The van der Waals surface area contributed by atoms with Gasteiger partial charge in [0.15, 0.2) is 6.10 Å². The summed E-state index contributed by atoms with van der Waals surface area (Å²) in [4.78, 5) is 24.0. The van der Waals surface area contributed by atoms with Crippen LogP contribution in [0.1, 0.15) is 23.6 Å². The zero-order chi connectivity index (χ0) is 18.4. The summed E-state index contributed by atoms with van der Waals surface area (Å²) in [6.45, 7) is 5.53. The summed E-state index contributed by atoms with van der Waals surface area (Å²) < 4.78 is 5.67. The van der Waals surface area contributed by atoms with E-state index < -0.39 is 12.0 Å². The zero-order valence-electron chi connectivity index (χ0n) is 14.4. The number of hydrogen-bond donors (Lipinski definition) is 2. The lowest BCUT2D eigenvalue weighted by Gasteiger charge is -2.17. The van der Waals surface area contributed by atoms with Crippen LogP contribution < -0.4 is 15.6 Å². The highest BCUT2D eigenvalue weighted by molar-refractivity contribution is 6.30. The number of hydrazine groups is 1. The molecule has 0 aliphatic rings. The van der Waals surface area contributed by atoms with Crippen LogP contribution in [0.4, 0.5) is 0 Å². The van der Waals surface area contributed by atoms with E-state index in [2.05, 4.69) is 10.9 Å². The van der Waals surface area contributed by atoms with Gasteiger partial charge in [-0.1, -0.05) is 35.9 Å². The number of benzene rings is 2. The molecule has 25 heavy (non-hydrogen) atoms.